The highest BCUT2D eigenvalue weighted by molar-refractivity contribution is 6.34. The number of pyridine rings is 3. The van der Waals surface area contributed by atoms with Crippen molar-refractivity contribution in [1.29, 1.82) is 0 Å². The van der Waals surface area contributed by atoms with Crippen LogP contribution in [0.15, 0.2) is 146 Å². The van der Waals surface area contributed by atoms with E-state index >= 15 is 0 Å². The van der Waals surface area contributed by atoms with Crippen molar-refractivity contribution in [2.24, 2.45) is 0 Å². The summed E-state index contributed by atoms with van der Waals surface area (Å²) in [6.45, 7) is 0. The Kier molecular flexibility index (Phi) is 4.75. The summed E-state index contributed by atoms with van der Waals surface area (Å²) in [6, 6.07) is 43.4. The minimum Gasteiger partial charge on any atom is -0.309 e. The highest BCUT2D eigenvalue weighted by Gasteiger charge is 2.24. The van der Waals surface area contributed by atoms with Gasteiger partial charge in [0, 0.05) is 61.5 Å². The third-order valence-electron chi connectivity index (χ3n) is 9.77. The van der Waals surface area contributed by atoms with Crippen LogP contribution >= 0.6 is 0 Å². The number of imidazole rings is 1. The summed E-state index contributed by atoms with van der Waals surface area (Å²) >= 11 is 0. The van der Waals surface area contributed by atoms with Gasteiger partial charge in [-0.3, -0.25) is 14.4 Å². The highest BCUT2D eigenvalue weighted by Crippen LogP contribution is 2.46. The molecular weight excluding hydrogens is 576 g/mol. The Morgan fingerprint density at radius 3 is 1.83 bits per heavy atom. The summed E-state index contributed by atoms with van der Waals surface area (Å²) in [7, 11) is 0. The second kappa shape index (κ2) is 9.02. The van der Waals surface area contributed by atoms with Gasteiger partial charge < -0.3 is 9.13 Å². The van der Waals surface area contributed by atoms with Crippen molar-refractivity contribution in [1.82, 2.24) is 28.5 Å². The molecule has 6 nitrogen and oxygen atoms in total. The lowest BCUT2D eigenvalue weighted by atomic mass is 10.0. The molecule has 47 heavy (non-hydrogen) atoms. The predicted octanol–water partition coefficient (Wildman–Crippen LogP) is 9.78. The van der Waals surface area contributed by atoms with Crippen molar-refractivity contribution in [2.45, 2.75) is 0 Å². The standard InChI is InChI=1S/C41H24N6/c1-3-9-25(10-4-1)45-32-14-8-7-13-27(32)38-33(45)17-18-34-39(38)29-15-16-30-37(40(29)46(34)26-11-5-2-6-12-26)28-19-21-42-23-35(28)47-36-24-43-22-20-31(36)44-41(30)47/h1-24H. The van der Waals surface area contributed by atoms with Gasteiger partial charge in [-0.25, -0.2) is 4.98 Å². The summed E-state index contributed by atoms with van der Waals surface area (Å²) in [5.41, 5.74) is 10.8. The van der Waals surface area contributed by atoms with E-state index in [1.54, 1.807) is 6.20 Å². The third-order valence-corrected chi connectivity index (χ3v) is 9.77. The molecule has 6 heteroatoms. The van der Waals surface area contributed by atoms with Crippen LogP contribution in [0.2, 0.25) is 0 Å². The van der Waals surface area contributed by atoms with E-state index in [1.807, 2.05) is 24.7 Å². The van der Waals surface area contributed by atoms with E-state index < -0.39 is 0 Å². The van der Waals surface area contributed by atoms with Crippen molar-refractivity contribution >= 4 is 82.0 Å². The average Bonchev–Trinajstić information content (AvgIpc) is 3.80. The van der Waals surface area contributed by atoms with E-state index in [0.717, 1.165) is 55.2 Å². The first-order chi connectivity index (χ1) is 23.4. The molecule has 0 radical (unpaired) electrons. The number of aromatic nitrogens is 6. The molecule has 0 aliphatic carbocycles. The van der Waals surface area contributed by atoms with E-state index in [4.69, 9.17) is 4.98 Å². The summed E-state index contributed by atoms with van der Waals surface area (Å²) < 4.78 is 7.05. The monoisotopic (exact) mass is 600 g/mol. The smallest absolute Gasteiger partial charge is 0.146 e. The maximum Gasteiger partial charge on any atom is 0.146 e. The minimum atomic E-state index is 0.904. The molecule has 11 aromatic rings. The molecule has 0 aliphatic heterocycles. The molecule has 0 unspecified atom stereocenters. The molecule has 0 aliphatic rings. The number of fused-ring (bicyclic) bond motifs is 16. The number of hydrogen-bond acceptors (Lipinski definition) is 3. The lowest BCUT2D eigenvalue weighted by Gasteiger charge is -2.13. The summed E-state index contributed by atoms with van der Waals surface area (Å²) in [6.07, 6.45) is 7.55. The van der Waals surface area contributed by atoms with Crippen molar-refractivity contribution in [2.75, 3.05) is 0 Å². The molecule has 0 fully saturated rings. The van der Waals surface area contributed by atoms with Crippen molar-refractivity contribution < 1.29 is 0 Å². The molecule has 218 valence electrons. The minimum absolute atomic E-state index is 0.904. The Hall–Kier alpha value is -6.53. The summed E-state index contributed by atoms with van der Waals surface area (Å²) in [4.78, 5) is 14.2. The fourth-order valence-electron chi connectivity index (χ4n) is 7.94. The maximum absolute atomic E-state index is 5.17. The van der Waals surface area contributed by atoms with Crippen LogP contribution < -0.4 is 0 Å². The normalized spacial score (nSPS) is 12.3. The molecule has 0 saturated heterocycles. The van der Waals surface area contributed by atoms with Gasteiger partial charge in [-0.15, -0.1) is 0 Å². The van der Waals surface area contributed by atoms with Crippen molar-refractivity contribution in [3.63, 3.8) is 0 Å². The molecule has 0 saturated carbocycles. The lowest BCUT2D eigenvalue weighted by Crippen LogP contribution is -1.97. The zero-order chi connectivity index (χ0) is 30.6. The maximum atomic E-state index is 5.17. The molecule has 6 aromatic heterocycles. The highest BCUT2D eigenvalue weighted by atomic mass is 15.0. The van der Waals surface area contributed by atoms with E-state index in [2.05, 4.69) is 139 Å². The van der Waals surface area contributed by atoms with Crippen LogP contribution in [0, 0.1) is 0 Å². The van der Waals surface area contributed by atoms with Gasteiger partial charge in [0.05, 0.1) is 51.0 Å². The van der Waals surface area contributed by atoms with Gasteiger partial charge in [-0.2, -0.15) is 0 Å². The first-order valence-electron chi connectivity index (χ1n) is 15.8. The van der Waals surface area contributed by atoms with E-state index in [-0.39, 0.29) is 0 Å². The van der Waals surface area contributed by atoms with Gasteiger partial charge in [0.25, 0.3) is 0 Å². The molecule has 0 amide bonds. The fourth-order valence-corrected chi connectivity index (χ4v) is 7.94. The van der Waals surface area contributed by atoms with Crippen molar-refractivity contribution in [3.8, 4) is 11.4 Å². The van der Waals surface area contributed by atoms with E-state index in [1.165, 1.54) is 38.1 Å². The zero-order valence-electron chi connectivity index (χ0n) is 25.0. The second-order valence-corrected chi connectivity index (χ2v) is 12.1. The number of benzene rings is 5. The van der Waals surface area contributed by atoms with Crippen LogP contribution in [0.25, 0.3) is 93.3 Å². The predicted molar refractivity (Wildman–Crippen MR) is 192 cm³/mol. The Labute approximate surface area is 267 Å². The number of rotatable bonds is 2. The SMILES string of the molecule is c1ccc(-n2c3ccccc3c3c4c5ccc6c(c7ccncc7n7c8cnccc8nc67)c5n(-c5ccccc5)c4ccc32)cc1. The lowest BCUT2D eigenvalue weighted by molar-refractivity contribution is 1.17. The first-order valence-corrected chi connectivity index (χ1v) is 15.8. The van der Waals surface area contributed by atoms with Gasteiger partial charge in [0.1, 0.15) is 5.65 Å². The van der Waals surface area contributed by atoms with Crippen LogP contribution in [0.1, 0.15) is 0 Å². The summed E-state index contributed by atoms with van der Waals surface area (Å²) in [5.74, 6) is 0. The van der Waals surface area contributed by atoms with Gasteiger partial charge >= 0.3 is 0 Å². The average molecular weight is 601 g/mol. The topological polar surface area (TPSA) is 52.9 Å². The van der Waals surface area contributed by atoms with Crippen LogP contribution in [-0.4, -0.2) is 28.5 Å². The molecule has 0 N–H and O–H groups in total. The van der Waals surface area contributed by atoms with Gasteiger partial charge in [-0.05, 0) is 60.7 Å². The molecule has 5 aromatic carbocycles. The Morgan fingerprint density at radius 1 is 0.404 bits per heavy atom. The van der Waals surface area contributed by atoms with Crippen LogP contribution in [0.5, 0.6) is 0 Å². The molecule has 6 heterocycles. The fraction of sp³-hybridized carbons (Fsp3) is 0. The van der Waals surface area contributed by atoms with E-state index in [9.17, 15) is 0 Å². The molecule has 0 bridgehead atoms. The number of nitrogens with zero attached hydrogens (tertiary/aromatic N) is 6. The third kappa shape index (κ3) is 3.16. The Bertz CT molecular complexity index is 3060. The van der Waals surface area contributed by atoms with E-state index in [0.29, 0.717) is 0 Å². The van der Waals surface area contributed by atoms with Crippen LogP contribution in [0.3, 0.4) is 0 Å². The van der Waals surface area contributed by atoms with Crippen molar-refractivity contribution in [3.05, 3.63) is 146 Å². The largest absolute Gasteiger partial charge is 0.309 e. The molecule has 11 rings (SSSR count). The molecular formula is C41H24N6. The summed E-state index contributed by atoms with van der Waals surface area (Å²) in [5, 5.41) is 8.32. The quantitative estimate of drug-likeness (QED) is 0.186. The molecule has 0 spiro atoms. The van der Waals surface area contributed by atoms with Gasteiger partial charge in [0.2, 0.25) is 0 Å². The van der Waals surface area contributed by atoms with Crippen LogP contribution in [0.4, 0.5) is 0 Å². The zero-order valence-corrected chi connectivity index (χ0v) is 25.0. The second-order valence-electron chi connectivity index (χ2n) is 12.1. The number of hydrogen-bond donors (Lipinski definition) is 0. The van der Waals surface area contributed by atoms with Gasteiger partial charge in [0.15, 0.2) is 0 Å². The van der Waals surface area contributed by atoms with Crippen LogP contribution in [-0.2, 0) is 0 Å². The Morgan fingerprint density at radius 2 is 1.02 bits per heavy atom. The Balaban J connectivity index is 1.43. The molecule has 0 atom stereocenters. The number of para-hydroxylation sites is 3. The van der Waals surface area contributed by atoms with Gasteiger partial charge in [-0.1, -0.05) is 60.7 Å². The first kappa shape index (κ1) is 24.8.